The van der Waals surface area contributed by atoms with Gasteiger partial charge >= 0.3 is 0 Å². The molecule has 144 valence electrons. The van der Waals surface area contributed by atoms with E-state index in [0.29, 0.717) is 16.9 Å². The van der Waals surface area contributed by atoms with Gasteiger partial charge in [0.05, 0.1) is 25.2 Å². The van der Waals surface area contributed by atoms with Crippen LogP contribution in [0, 0.1) is 5.92 Å². The number of carbonyl (C=O) groups excluding carboxylic acids is 1. The van der Waals surface area contributed by atoms with Gasteiger partial charge in [-0.1, -0.05) is 72.4 Å². The number of hydrogen-bond donors (Lipinski definition) is 2. The molecular formula is C23H22O4S. The Bertz CT molecular complexity index is 836. The highest BCUT2D eigenvalue weighted by Gasteiger charge is 2.35. The third-order valence-corrected chi connectivity index (χ3v) is 5.49. The quantitative estimate of drug-likeness (QED) is 0.582. The Balaban J connectivity index is 1.89. The van der Waals surface area contributed by atoms with Gasteiger partial charge < -0.3 is 14.9 Å². The molecule has 5 heteroatoms. The van der Waals surface area contributed by atoms with Gasteiger partial charge in [-0.3, -0.25) is 4.79 Å². The van der Waals surface area contributed by atoms with Crippen LogP contribution in [0.1, 0.15) is 23.3 Å². The first-order chi connectivity index (χ1) is 13.6. The number of hydrogen-bond acceptors (Lipinski definition) is 5. The number of rotatable bonds is 7. The Labute approximate surface area is 168 Å². The smallest absolute Gasteiger partial charge is 0.202 e. The average molecular weight is 394 g/mol. The molecule has 2 N–H and O–H groups in total. The van der Waals surface area contributed by atoms with E-state index in [4.69, 9.17) is 4.74 Å². The van der Waals surface area contributed by atoms with Crippen LogP contribution in [-0.4, -0.2) is 22.4 Å². The van der Waals surface area contributed by atoms with Crippen LogP contribution in [0.4, 0.5) is 0 Å². The van der Waals surface area contributed by atoms with Gasteiger partial charge in [0.25, 0.3) is 0 Å². The predicted octanol–water partition coefficient (Wildman–Crippen LogP) is 4.40. The topological polar surface area (TPSA) is 66.8 Å². The Kier molecular flexibility index (Phi) is 6.87. The van der Waals surface area contributed by atoms with Gasteiger partial charge in [-0.05, 0) is 35.4 Å². The van der Waals surface area contributed by atoms with Crippen molar-refractivity contribution in [1.29, 1.82) is 0 Å². The van der Waals surface area contributed by atoms with E-state index in [1.54, 1.807) is 79.9 Å². The van der Waals surface area contributed by atoms with Crippen molar-refractivity contribution in [2.45, 2.75) is 17.1 Å². The number of benzene rings is 3. The Hall–Kier alpha value is -2.60. The van der Waals surface area contributed by atoms with Gasteiger partial charge in [-0.15, -0.1) is 0 Å². The van der Waals surface area contributed by atoms with Crippen LogP contribution in [0.2, 0.25) is 0 Å². The van der Waals surface area contributed by atoms with Gasteiger partial charge in [0, 0.05) is 4.90 Å². The number of aliphatic hydroxyl groups is 2. The van der Waals surface area contributed by atoms with E-state index in [2.05, 4.69) is 0 Å². The molecule has 0 bridgehead atoms. The summed E-state index contributed by atoms with van der Waals surface area (Å²) < 4.78 is 5.14. The molecule has 3 rings (SSSR count). The standard InChI is InChI=1S/C23H22O4S/c1-27-18-12-14-19(15-13-18)28-23(26)20(21(24)16-8-4-2-5-9-16)22(25)17-10-6-3-7-11-17/h2-15,20-22,24-25H,1H3. The lowest BCUT2D eigenvalue weighted by molar-refractivity contribution is -0.123. The fourth-order valence-electron chi connectivity index (χ4n) is 2.97. The molecule has 3 aromatic carbocycles. The summed E-state index contributed by atoms with van der Waals surface area (Å²) in [7, 11) is 1.58. The zero-order valence-corrected chi connectivity index (χ0v) is 16.3. The van der Waals surface area contributed by atoms with Gasteiger partial charge in [0.1, 0.15) is 5.75 Å². The molecule has 0 saturated heterocycles. The summed E-state index contributed by atoms with van der Waals surface area (Å²) in [5.74, 6) is -0.320. The predicted molar refractivity (Wildman–Crippen MR) is 110 cm³/mol. The fourth-order valence-corrected chi connectivity index (χ4v) is 3.87. The van der Waals surface area contributed by atoms with Crippen molar-refractivity contribution >= 4 is 16.9 Å². The van der Waals surface area contributed by atoms with Gasteiger partial charge in [0.15, 0.2) is 0 Å². The second-order valence-electron chi connectivity index (χ2n) is 6.33. The molecule has 0 radical (unpaired) electrons. The Morgan fingerprint density at radius 1 is 0.786 bits per heavy atom. The summed E-state index contributed by atoms with van der Waals surface area (Å²) in [4.78, 5) is 13.8. The highest BCUT2D eigenvalue weighted by atomic mass is 32.2. The first-order valence-corrected chi connectivity index (χ1v) is 9.73. The normalized spacial score (nSPS) is 14.1. The maximum absolute atomic E-state index is 13.1. The summed E-state index contributed by atoms with van der Waals surface area (Å²) in [5, 5.41) is 21.5. The van der Waals surface area contributed by atoms with Crippen molar-refractivity contribution in [3.63, 3.8) is 0 Å². The summed E-state index contributed by atoms with van der Waals surface area (Å²) in [6.45, 7) is 0. The third kappa shape index (κ3) is 4.81. The molecule has 4 nitrogen and oxygen atoms in total. The highest BCUT2D eigenvalue weighted by Crippen LogP contribution is 2.38. The average Bonchev–Trinajstić information content (AvgIpc) is 2.75. The molecule has 0 fully saturated rings. The van der Waals surface area contributed by atoms with Crippen molar-refractivity contribution < 1.29 is 19.7 Å². The van der Waals surface area contributed by atoms with E-state index in [1.807, 2.05) is 12.1 Å². The Morgan fingerprint density at radius 3 is 1.68 bits per heavy atom. The lowest BCUT2D eigenvalue weighted by Crippen LogP contribution is -2.27. The molecule has 0 saturated carbocycles. The highest BCUT2D eigenvalue weighted by molar-refractivity contribution is 8.13. The van der Waals surface area contributed by atoms with Gasteiger partial charge in [-0.2, -0.15) is 0 Å². The fraction of sp³-hybridized carbons (Fsp3) is 0.174. The molecule has 0 spiro atoms. The molecule has 3 aromatic rings. The van der Waals surface area contributed by atoms with Crippen molar-refractivity contribution in [3.05, 3.63) is 96.1 Å². The number of ether oxygens (including phenoxy) is 1. The summed E-state index contributed by atoms with van der Waals surface area (Å²) in [6.07, 6.45) is -2.26. The largest absolute Gasteiger partial charge is 0.497 e. The summed E-state index contributed by atoms with van der Waals surface area (Å²) >= 11 is 1.00. The SMILES string of the molecule is COc1ccc(SC(=O)C(C(O)c2ccccc2)C(O)c2ccccc2)cc1. The maximum Gasteiger partial charge on any atom is 0.202 e. The van der Waals surface area contributed by atoms with Crippen LogP contribution < -0.4 is 4.74 Å². The van der Waals surface area contributed by atoms with Crippen molar-refractivity contribution in [2.24, 2.45) is 5.92 Å². The first kappa shape index (κ1) is 20.1. The van der Waals surface area contributed by atoms with E-state index in [-0.39, 0.29) is 5.12 Å². The molecule has 0 amide bonds. The van der Waals surface area contributed by atoms with Crippen LogP contribution in [0.15, 0.2) is 89.8 Å². The van der Waals surface area contributed by atoms with E-state index in [0.717, 1.165) is 16.7 Å². The second-order valence-corrected chi connectivity index (χ2v) is 7.41. The molecule has 2 atom stereocenters. The van der Waals surface area contributed by atoms with Crippen molar-refractivity contribution in [1.82, 2.24) is 0 Å². The molecule has 0 aromatic heterocycles. The van der Waals surface area contributed by atoms with Crippen LogP contribution in [-0.2, 0) is 4.79 Å². The molecule has 0 heterocycles. The van der Waals surface area contributed by atoms with Crippen LogP contribution in [0.3, 0.4) is 0 Å². The molecule has 0 aliphatic carbocycles. The maximum atomic E-state index is 13.1. The molecular weight excluding hydrogens is 372 g/mol. The van der Waals surface area contributed by atoms with Gasteiger partial charge in [0.2, 0.25) is 5.12 Å². The van der Waals surface area contributed by atoms with Crippen molar-refractivity contribution in [2.75, 3.05) is 7.11 Å². The van der Waals surface area contributed by atoms with Crippen LogP contribution in [0.25, 0.3) is 0 Å². The molecule has 28 heavy (non-hydrogen) atoms. The number of thioether (sulfide) groups is 1. The lowest BCUT2D eigenvalue weighted by atomic mass is 9.88. The van der Waals surface area contributed by atoms with E-state index >= 15 is 0 Å². The van der Waals surface area contributed by atoms with E-state index in [1.165, 1.54) is 0 Å². The minimum Gasteiger partial charge on any atom is -0.497 e. The minimum absolute atomic E-state index is 0.308. The molecule has 0 aliphatic heterocycles. The van der Waals surface area contributed by atoms with Crippen LogP contribution >= 0.6 is 11.8 Å². The molecule has 0 aliphatic rings. The zero-order valence-electron chi connectivity index (χ0n) is 15.4. The minimum atomic E-state index is -1.13. The lowest BCUT2D eigenvalue weighted by Gasteiger charge is -2.27. The Morgan fingerprint density at radius 2 is 1.25 bits per heavy atom. The van der Waals surface area contributed by atoms with E-state index < -0.39 is 18.1 Å². The third-order valence-electron chi connectivity index (χ3n) is 4.51. The van der Waals surface area contributed by atoms with Crippen LogP contribution in [0.5, 0.6) is 5.75 Å². The van der Waals surface area contributed by atoms with Gasteiger partial charge in [-0.25, -0.2) is 0 Å². The second kappa shape index (κ2) is 9.55. The number of methoxy groups -OCH3 is 1. The van der Waals surface area contributed by atoms with E-state index in [9.17, 15) is 15.0 Å². The zero-order chi connectivity index (χ0) is 19.9. The van der Waals surface area contributed by atoms with Crippen molar-refractivity contribution in [3.8, 4) is 5.75 Å². The monoisotopic (exact) mass is 394 g/mol. The summed E-state index contributed by atoms with van der Waals surface area (Å²) in [6, 6.07) is 25.0. The number of aliphatic hydroxyl groups excluding tert-OH is 2. The first-order valence-electron chi connectivity index (χ1n) is 8.92. The number of carbonyl (C=O) groups is 1. The summed E-state index contributed by atoms with van der Waals surface area (Å²) in [5.41, 5.74) is 1.18. The molecule has 2 unspecified atom stereocenters.